The highest BCUT2D eigenvalue weighted by molar-refractivity contribution is 5.66. The molecule has 2 aliphatic heterocycles. The Bertz CT molecular complexity index is 990. The number of carbonyl (C=O) groups is 2. The van der Waals surface area contributed by atoms with Crippen LogP contribution in [0.2, 0.25) is 0 Å². The van der Waals surface area contributed by atoms with Gasteiger partial charge in [-0.25, -0.2) is 0 Å². The van der Waals surface area contributed by atoms with Crippen LogP contribution in [0.15, 0.2) is 36.4 Å². The Labute approximate surface area is 195 Å². The monoisotopic (exact) mass is 452 g/mol. The molecule has 6 heteroatoms. The summed E-state index contributed by atoms with van der Waals surface area (Å²) < 4.78 is 22.6. The van der Waals surface area contributed by atoms with Crippen molar-refractivity contribution in [1.29, 1.82) is 0 Å². The van der Waals surface area contributed by atoms with Crippen LogP contribution in [-0.2, 0) is 43.1 Å². The van der Waals surface area contributed by atoms with Crippen LogP contribution < -0.4 is 4.74 Å². The van der Waals surface area contributed by atoms with Crippen molar-refractivity contribution in [3.05, 3.63) is 64.2 Å². The fourth-order valence-corrected chi connectivity index (χ4v) is 4.75. The van der Waals surface area contributed by atoms with Crippen LogP contribution in [-0.4, -0.2) is 30.9 Å². The smallest absolute Gasteiger partial charge is 0.304 e. The lowest BCUT2D eigenvalue weighted by Gasteiger charge is -2.34. The summed E-state index contributed by atoms with van der Waals surface area (Å²) in [6.45, 7) is 5.69. The Morgan fingerprint density at radius 1 is 1.00 bits per heavy atom. The molecule has 33 heavy (non-hydrogen) atoms. The van der Waals surface area contributed by atoms with E-state index in [1.807, 2.05) is 0 Å². The zero-order chi connectivity index (χ0) is 23.4. The van der Waals surface area contributed by atoms with Crippen LogP contribution in [0.4, 0.5) is 0 Å². The number of rotatable bonds is 6. The summed E-state index contributed by atoms with van der Waals surface area (Å²) in [7, 11) is 0. The molecule has 3 atom stereocenters. The number of hydrogen-bond donors (Lipinski definition) is 0. The van der Waals surface area contributed by atoms with Crippen LogP contribution >= 0.6 is 0 Å². The third-order valence-corrected chi connectivity index (χ3v) is 6.23. The molecule has 0 amide bonds. The summed E-state index contributed by atoms with van der Waals surface area (Å²) in [6.07, 6.45) is 3.30. The van der Waals surface area contributed by atoms with E-state index >= 15 is 0 Å². The molecular formula is C27H32O6. The Kier molecular flexibility index (Phi) is 7.33. The van der Waals surface area contributed by atoms with Crippen molar-refractivity contribution in [2.45, 2.75) is 77.8 Å². The molecule has 2 aromatic carbocycles. The number of hydrogen-bond acceptors (Lipinski definition) is 6. The summed E-state index contributed by atoms with van der Waals surface area (Å²) in [6, 6.07) is 12.9. The van der Waals surface area contributed by atoms with Crippen molar-refractivity contribution in [1.82, 2.24) is 0 Å². The molecule has 1 saturated heterocycles. The molecule has 0 aromatic heterocycles. The predicted molar refractivity (Wildman–Crippen MR) is 123 cm³/mol. The number of benzene rings is 2. The van der Waals surface area contributed by atoms with Gasteiger partial charge in [0.05, 0.1) is 12.7 Å². The Morgan fingerprint density at radius 2 is 1.82 bits per heavy atom. The molecule has 0 N–H and O–H groups in total. The zero-order valence-electron chi connectivity index (χ0n) is 19.6. The zero-order valence-corrected chi connectivity index (χ0v) is 19.6. The second kappa shape index (κ2) is 10.4. The Morgan fingerprint density at radius 3 is 2.58 bits per heavy atom. The summed E-state index contributed by atoms with van der Waals surface area (Å²) in [5, 5.41) is 0. The van der Waals surface area contributed by atoms with Gasteiger partial charge in [-0.15, -0.1) is 0 Å². The molecule has 0 bridgehead atoms. The van der Waals surface area contributed by atoms with Gasteiger partial charge in [0, 0.05) is 26.7 Å². The molecule has 2 heterocycles. The minimum absolute atomic E-state index is 0.325. The maximum Gasteiger partial charge on any atom is 0.304 e. The van der Waals surface area contributed by atoms with Crippen molar-refractivity contribution in [3.8, 4) is 5.75 Å². The van der Waals surface area contributed by atoms with Crippen molar-refractivity contribution >= 4 is 11.9 Å². The number of esters is 2. The molecule has 0 aliphatic carbocycles. The van der Waals surface area contributed by atoms with Gasteiger partial charge < -0.3 is 18.9 Å². The van der Waals surface area contributed by atoms with Gasteiger partial charge in [-0.1, -0.05) is 37.3 Å². The van der Waals surface area contributed by atoms with Gasteiger partial charge in [-0.2, -0.15) is 0 Å². The first-order valence-corrected chi connectivity index (χ1v) is 11.8. The molecule has 0 saturated carbocycles. The summed E-state index contributed by atoms with van der Waals surface area (Å²) in [4.78, 5) is 23.1. The van der Waals surface area contributed by atoms with Crippen molar-refractivity contribution in [2.24, 2.45) is 0 Å². The van der Waals surface area contributed by atoms with Crippen molar-refractivity contribution in [3.63, 3.8) is 0 Å². The van der Waals surface area contributed by atoms with Gasteiger partial charge >= 0.3 is 11.9 Å². The van der Waals surface area contributed by atoms with E-state index in [0.29, 0.717) is 12.8 Å². The summed E-state index contributed by atoms with van der Waals surface area (Å²) in [5.74, 6) is 0.236. The molecule has 0 spiro atoms. The number of ether oxygens (including phenoxy) is 4. The topological polar surface area (TPSA) is 71.1 Å². The van der Waals surface area contributed by atoms with Crippen molar-refractivity contribution < 1.29 is 28.5 Å². The highest BCUT2D eigenvalue weighted by Gasteiger charge is 2.34. The average molecular weight is 453 g/mol. The molecule has 1 fully saturated rings. The van der Waals surface area contributed by atoms with Gasteiger partial charge in [-0.05, 0) is 59.6 Å². The maximum atomic E-state index is 11.5. The van der Waals surface area contributed by atoms with Crippen LogP contribution in [0.1, 0.15) is 74.0 Å². The lowest BCUT2D eigenvalue weighted by molar-refractivity contribution is -0.220. The van der Waals surface area contributed by atoms with E-state index in [1.165, 1.54) is 36.1 Å². The molecule has 2 aromatic rings. The van der Waals surface area contributed by atoms with Crippen molar-refractivity contribution in [2.75, 3.05) is 6.61 Å². The van der Waals surface area contributed by atoms with Gasteiger partial charge in [0.15, 0.2) is 0 Å². The first kappa shape index (κ1) is 23.3. The normalized spacial score (nSPS) is 22.1. The molecular weight excluding hydrogens is 420 g/mol. The van der Waals surface area contributed by atoms with E-state index in [4.69, 9.17) is 18.9 Å². The van der Waals surface area contributed by atoms with Crippen LogP contribution in [0.5, 0.6) is 5.75 Å². The van der Waals surface area contributed by atoms with Crippen LogP contribution in [0.25, 0.3) is 0 Å². The average Bonchev–Trinajstić information content (AvgIpc) is 2.78. The third-order valence-electron chi connectivity index (χ3n) is 6.23. The highest BCUT2D eigenvalue weighted by Crippen LogP contribution is 2.35. The summed E-state index contributed by atoms with van der Waals surface area (Å²) >= 11 is 0. The molecule has 2 aliphatic rings. The van der Waals surface area contributed by atoms with E-state index in [0.717, 1.165) is 43.6 Å². The lowest BCUT2D eigenvalue weighted by atomic mass is 9.91. The number of fused-ring (bicyclic) bond motifs is 1. The van der Waals surface area contributed by atoms with Gasteiger partial charge in [0.1, 0.15) is 11.9 Å². The van der Waals surface area contributed by atoms with Gasteiger partial charge in [0.25, 0.3) is 0 Å². The fraction of sp³-hybridized carbons (Fsp3) is 0.481. The highest BCUT2D eigenvalue weighted by atomic mass is 16.7. The largest absolute Gasteiger partial charge is 0.493 e. The second-order valence-electron chi connectivity index (χ2n) is 8.82. The van der Waals surface area contributed by atoms with Crippen LogP contribution in [0.3, 0.4) is 0 Å². The van der Waals surface area contributed by atoms with E-state index in [9.17, 15) is 9.59 Å². The fourth-order valence-electron chi connectivity index (χ4n) is 4.75. The first-order chi connectivity index (χ1) is 15.9. The quantitative estimate of drug-likeness (QED) is 0.584. The summed E-state index contributed by atoms with van der Waals surface area (Å²) in [5.41, 5.74) is 6.06. The SMILES string of the molecule is CCc1ccc([C@H]2C[C@@H](OC(C)=O)CC(OC(C)=O)O2)cc1Cc1ccc2c(c1)CCCO2. The Balaban J connectivity index is 1.58. The maximum absolute atomic E-state index is 11.5. The van der Waals surface area contributed by atoms with E-state index in [2.05, 4.69) is 43.3 Å². The molecule has 0 radical (unpaired) electrons. The van der Waals surface area contributed by atoms with Gasteiger partial charge in [0.2, 0.25) is 6.29 Å². The molecule has 176 valence electrons. The third kappa shape index (κ3) is 5.93. The van der Waals surface area contributed by atoms with Crippen LogP contribution in [0, 0.1) is 0 Å². The molecule has 4 rings (SSSR count). The van der Waals surface area contributed by atoms with E-state index in [-0.39, 0.29) is 18.2 Å². The number of carbonyl (C=O) groups excluding carboxylic acids is 2. The lowest BCUT2D eigenvalue weighted by Crippen LogP contribution is -2.36. The second-order valence-corrected chi connectivity index (χ2v) is 8.82. The van der Waals surface area contributed by atoms with E-state index in [1.54, 1.807) is 0 Å². The molecule has 1 unspecified atom stereocenters. The minimum atomic E-state index is -0.736. The minimum Gasteiger partial charge on any atom is -0.493 e. The standard InChI is InChI=1S/C27H32O6/c1-4-20-8-9-22(26-15-24(31-17(2)28)16-27(33-26)32-18(3)29)14-23(20)13-19-7-10-25-21(12-19)6-5-11-30-25/h7-10,12,14,24,26-27H,4-6,11,13,15-16H2,1-3H3/t24-,26-,27?/m1/s1. The number of aryl methyl sites for hydroxylation is 2. The Hall–Kier alpha value is -2.86. The first-order valence-electron chi connectivity index (χ1n) is 11.8. The van der Waals surface area contributed by atoms with Gasteiger partial charge in [-0.3, -0.25) is 9.59 Å². The molecule has 6 nitrogen and oxygen atoms in total. The predicted octanol–water partition coefficient (Wildman–Crippen LogP) is 4.84. The van der Waals surface area contributed by atoms with E-state index < -0.39 is 12.3 Å².